The molecule has 0 saturated carbocycles. The molecule has 1 unspecified atom stereocenters. The van der Waals surface area contributed by atoms with Gasteiger partial charge < -0.3 is 0 Å². The summed E-state index contributed by atoms with van der Waals surface area (Å²) in [6, 6.07) is 8.89. The van der Waals surface area contributed by atoms with Crippen LogP contribution in [0.5, 0.6) is 0 Å². The van der Waals surface area contributed by atoms with Gasteiger partial charge in [0.05, 0.1) is 6.07 Å². The van der Waals surface area contributed by atoms with Gasteiger partial charge in [0, 0.05) is 0 Å². The molecule has 0 amide bonds. The molecule has 1 atom stereocenters. The smallest absolute Gasteiger partial charge is 0.123 e. The molecule has 0 bridgehead atoms. The van der Waals surface area contributed by atoms with E-state index in [1.807, 2.05) is 0 Å². The van der Waals surface area contributed by atoms with Crippen LogP contribution in [0.1, 0.15) is 24.8 Å². The molecular formula is C13H15FN2. The number of halogens is 1. The van der Waals surface area contributed by atoms with Crippen molar-refractivity contribution < 1.29 is 4.39 Å². The van der Waals surface area contributed by atoms with E-state index in [0.29, 0.717) is 0 Å². The van der Waals surface area contributed by atoms with Crippen molar-refractivity contribution in [3.63, 3.8) is 0 Å². The lowest BCUT2D eigenvalue weighted by molar-refractivity contribution is 0.447. The van der Waals surface area contributed by atoms with Crippen LogP contribution < -0.4 is 5.32 Å². The Bertz CT molecular complexity index is 385. The number of hydrogen-bond donors (Lipinski definition) is 1. The normalized spacial score (nSPS) is 24.2. The van der Waals surface area contributed by atoms with Gasteiger partial charge in [-0.05, 0) is 49.9 Å². The van der Waals surface area contributed by atoms with Gasteiger partial charge in [0.2, 0.25) is 0 Å². The van der Waals surface area contributed by atoms with Crippen molar-refractivity contribution >= 4 is 0 Å². The lowest BCUT2D eigenvalue weighted by Gasteiger charge is -2.20. The van der Waals surface area contributed by atoms with Gasteiger partial charge in [-0.25, -0.2) is 4.39 Å². The summed E-state index contributed by atoms with van der Waals surface area (Å²) in [7, 11) is 0. The summed E-state index contributed by atoms with van der Waals surface area (Å²) in [4.78, 5) is 0. The molecule has 1 N–H and O–H groups in total. The van der Waals surface area contributed by atoms with Gasteiger partial charge in [-0.2, -0.15) is 5.26 Å². The Labute approximate surface area is 95.1 Å². The monoisotopic (exact) mass is 218 g/mol. The third-order valence-corrected chi connectivity index (χ3v) is 3.21. The Kier molecular flexibility index (Phi) is 3.21. The second kappa shape index (κ2) is 4.63. The van der Waals surface area contributed by atoms with Crippen molar-refractivity contribution in [3.8, 4) is 6.07 Å². The first-order valence-electron chi connectivity index (χ1n) is 5.65. The molecule has 0 radical (unpaired) electrons. The van der Waals surface area contributed by atoms with E-state index >= 15 is 0 Å². The number of hydrogen-bond acceptors (Lipinski definition) is 2. The van der Waals surface area contributed by atoms with E-state index in [1.165, 1.54) is 12.1 Å². The van der Waals surface area contributed by atoms with Crippen LogP contribution in [-0.2, 0) is 6.42 Å². The summed E-state index contributed by atoms with van der Waals surface area (Å²) in [6.45, 7) is 0.928. The van der Waals surface area contributed by atoms with E-state index in [1.54, 1.807) is 12.1 Å². The lowest BCUT2D eigenvalue weighted by atomic mass is 9.91. The first-order valence-corrected chi connectivity index (χ1v) is 5.65. The second-order valence-corrected chi connectivity index (χ2v) is 4.35. The molecule has 3 heteroatoms. The molecule has 1 aliphatic heterocycles. The predicted octanol–water partition coefficient (Wildman–Crippen LogP) is 2.40. The highest BCUT2D eigenvalue weighted by molar-refractivity contribution is 5.19. The van der Waals surface area contributed by atoms with Crippen LogP contribution in [0, 0.1) is 17.1 Å². The molecule has 0 spiro atoms. The molecule has 84 valence electrons. The second-order valence-electron chi connectivity index (χ2n) is 4.35. The average Bonchev–Trinajstić information content (AvgIpc) is 2.78. The van der Waals surface area contributed by atoms with Crippen molar-refractivity contribution in [1.29, 1.82) is 5.26 Å². The van der Waals surface area contributed by atoms with E-state index in [-0.39, 0.29) is 11.4 Å². The third kappa shape index (κ3) is 2.40. The van der Waals surface area contributed by atoms with Crippen LogP contribution in [0.2, 0.25) is 0 Å². The zero-order valence-electron chi connectivity index (χ0n) is 9.17. The van der Waals surface area contributed by atoms with Crippen LogP contribution in [0.15, 0.2) is 24.3 Å². The van der Waals surface area contributed by atoms with Crippen LogP contribution in [0.3, 0.4) is 0 Å². The van der Waals surface area contributed by atoms with Gasteiger partial charge in [0.1, 0.15) is 11.4 Å². The number of benzene rings is 1. The number of aryl methyl sites for hydroxylation is 1. The maximum atomic E-state index is 12.7. The maximum absolute atomic E-state index is 12.7. The average molecular weight is 218 g/mol. The fourth-order valence-electron chi connectivity index (χ4n) is 2.18. The van der Waals surface area contributed by atoms with Gasteiger partial charge in [-0.15, -0.1) is 0 Å². The first-order chi connectivity index (χ1) is 7.74. The number of nitriles is 1. The molecule has 1 aromatic rings. The summed E-state index contributed by atoms with van der Waals surface area (Å²) >= 11 is 0. The van der Waals surface area contributed by atoms with Crippen LogP contribution in [0.4, 0.5) is 4.39 Å². The molecule has 16 heavy (non-hydrogen) atoms. The Morgan fingerprint density at radius 1 is 1.38 bits per heavy atom. The Morgan fingerprint density at radius 2 is 2.12 bits per heavy atom. The molecule has 0 aromatic heterocycles. The van der Waals surface area contributed by atoms with Crippen LogP contribution >= 0.6 is 0 Å². The van der Waals surface area contributed by atoms with Crippen molar-refractivity contribution in [2.75, 3.05) is 6.54 Å². The van der Waals surface area contributed by atoms with E-state index in [2.05, 4.69) is 11.4 Å². The lowest BCUT2D eigenvalue weighted by Crippen LogP contribution is -2.38. The van der Waals surface area contributed by atoms with Gasteiger partial charge in [0.15, 0.2) is 0 Å². The van der Waals surface area contributed by atoms with Gasteiger partial charge in [0.25, 0.3) is 0 Å². The summed E-state index contributed by atoms with van der Waals surface area (Å²) in [5, 5.41) is 12.4. The quantitative estimate of drug-likeness (QED) is 0.845. The zero-order valence-corrected chi connectivity index (χ0v) is 9.17. The Hall–Kier alpha value is -1.40. The molecule has 1 aliphatic rings. The molecule has 1 heterocycles. The zero-order chi connectivity index (χ0) is 11.4. The minimum absolute atomic E-state index is 0.210. The highest BCUT2D eigenvalue weighted by Gasteiger charge is 2.32. The molecular weight excluding hydrogens is 203 g/mol. The number of rotatable bonds is 3. The van der Waals surface area contributed by atoms with Crippen LogP contribution in [0.25, 0.3) is 0 Å². The summed E-state index contributed by atoms with van der Waals surface area (Å²) in [5.41, 5.74) is 0.735. The standard InChI is InChI=1S/C13H15FN2/c14-12-4-2-11(3-5-12)6-8-13(10-15)7-1-9-16-13/h2-5,16H,1,6-9H2. The Balaban J connectivity index is 1.96. The highest BCUT2D eigenvalue weighted by atomic mass is 19.1. The van der Waals surface area contributed by atoms with E-state index in [9.17, 15) is 4.39 Å². The molecule has 2 rings (SSSR count). The van der Waals surface area contributed by atoms with Gasteiger partial charge >= 0.3 is 0 Å². The minimum Gasteiger partial charge on any atom is -0.299 e. The number of nitrogens with one attached hydrogen (secondary N) is 1. The largest absolute Gasteiger partial charge is 0.299 e. The van der Waals surface area contributed by atoms with Crippen LogP contribution in [-0.4, -0.2) is 12.1 Å². The van der Waals surface area contributed by atoms with Crippen molar-refractivity contribution in [2.24, 2.45) is 0 Å². The van der Waals surface area contributed by atoms with Crippen molar-refractivity contribution in [1.82, 2.24) is 5.32 Å². The maximum Gasteiger partial charge on any atom is 0.123 e. The molecule has 2 nitrogen and oxygen atoms in total. The molecule has 1 aromatic carbocycles. The topological polar surface area (TPSA) is 35.8 Å². The van der Waals surface area contributed by atoms with Crippen molar-refractivity contribution in [2.45, 2.75) is 31.2 Å². The van der Waals surface area contributed by atoms with Crippen molar-refractivity contribution in [3.05, 3.63) is 35.6 Å². The number of nitrogens with zero attached hydrogens (tertiary/aromatic N) is 1. The molecule has 0 aliphatic carbocycles. The van der Waals surface area contributed by atoms with Gasteiger partial charge in [-0.3, -0.25) is 5.32 Å². The summed E-state index contributed by atoms with van der Waals surface area (Å²) in [5.74, 6) is -0.210. The minimum atomic E-state index is -0.353. The third-order valence-electron chi connectivity index (χ3n) is 3.21. The van der Waals surface area contributed by atoms with E-state index in [0.717, 1.165) is 37.8 Å². The summed E-state index contributed by atoms with van der Waals surface area (Å²) < 4.78 is 12.7. The van der Waals surface area contributed by atoms with Gasteiger partial charge in [-0.1, -0.05) is 12.1 Å². The highest BCUT2D eigenvalue weighted by Crippen LogP contribution is 2.24. The van der Waals surface area contributed by atoms with E-state index in [4.69, 9.17) is 5.26 Å². The molecule has 1 fully saturated rings. The SMILES string of the molecule is N#CC1(CCc2ccc(F)cc2)CCCN1. The van der Waals surface area contributed by atoms with E-state index < -0.39 is 0 Å². The fraction of sp³-hybridized carbons (Fsp3) is 0.462. The fourth-order valence-corrected chi connectivity index (χ4v) is 2.18. The summed E-state index contributed by atoms with van der Waals surface area (Å²) in [6.07, 6.45) is 3.61. The molecule has 1 saturated heterocycles. The predicted molar refractivity (Wildman–Crippen MR) is 60.3 cm³/mol. The Morgan fingerprint density at radius 3 is 2.69 bits per heavy atom. The first kappa shape index (κ1) is 11.1.